The topological polar surface area (TPSA) is 41.5 Å². The first-order valence-electron chi connectivity index (χ1n) is 7.62. The van der Waals surface area contributed by atoms with E-state index in [-0.39, 0.29) is 5.54 Å². The summed E-state index contributed by atoms with van der Waals surface area (Å²) in [5, 5.41) is 13.5. The van der Waals surface area contributed by atoms with Gasteiger partial charge in [0, 0.05) is 24.8 Å². The van der Waals surface area contributed by atoms with Crippen molar-refractivity contribution in [1.82, 2.24) is 5.32 Å². The molecule has 0 radical (unpaired) electrons. The van der Waals surface area contributed by atoms with E-state index in [9.17, 15) is 5.11 Å². The van der Waals surface area contributed by atoms with Gasteiger partial charge in [0.2, 0.25) is 0 Å². The molecule has 0 spiro atoms. The van der Waals surface area contributed by atoms with Crippen LogP contribution in [0.25, 0.3) is 0 Å². The van der Waals surface area contributed by atoms with Crippen molar-refractivity contribution in [3.8, 4) is 0 Å². The summed E-state index contributed by atoms with van der Waals surface area (Å²) in [4.78, 5) is 0. The second kappa shape index (κ2) is 6.36. The predicted molar refractivity (Wildman–Crippen MR) is 73.6 cm³/mol. The Labute approximate surface area is 111 Å². The van der Waals surface area contributed by atoms with Crippen LogP contribution in [0.15, 0.2) is 0 Å². The van der Waals surface area contributed by atoms with E-state index in [1.807, 2.05) is 0 Å². The van der Waals surface area contributed by atoms with Crippen molar-refractivity contribution in [2.45, 2.75) is 64.0 Å². The van der Waals surface area contributed by atoms with Gasteiger partial charge in [0.15, 0.2) is 0 Å². The molecule has 2 fully saturated rings. The van der Waals surface area contributed by atoms with E-state index in [0.717, 1.165) is 26.1 Å². The molecule has 0 aromatic heterocycles. The number of hydrogen-bond donors (Lipinski definition) is 2. The van der Waals surface area contributed by atoms with E-state index >= 15 is 0 Å². The first-order valence-corrected chi connectivity index (χ1v) is 7.62. The van der Waals surface area contributed by atoms with Crippen LogP contribution in [0.4, 0.5) is 0 Å². The molecule has 3 heteroatoms. The van der Waals surface area contributed by atoms with E-state index in [2.05, 4.69) is 19.2 Å². The summed E-state index contributed by atoms with van der Waals surface area (Å²) >= 11 is 0. The molecule has 106 valence electrons. The van der Waals surface area contributed by atoms with Gasteiger partial charge in [0.05, 0.1) is 6.61 Å². The summed E-state index contributed by atoms with van der Waals surface area (Å²) in [6.45, 7) is 6.36. The lowest BCUT2D eigenvalue weighted by Crippen LogP contribution is -2.52. The number of aliphatic hydroxyl groups excluding tert-OH is 1. The van der Waals surface area contributed by atoms with Crippen molar-refractivity contribution in [2.75, 3.05) is 19.8 Å². The first-order chi connectivity index (χ1) is 8.66. The molecule has 2 saturated carbocycles. The fourth-order valence-electron chi connectivity index (χ4n) is 3.19. The zero-order valence-corrected chi connectivity index (χ0v) is 12.0. The van der Waals surface area contributed by atoms with Gasteiger partial charge < -0.3 is 15.2 Å². The van der Waals surface area contributed by atoms with E-state index in [0.29, 0.717) is 24.5 Å². The lowest BCUT2D eigenvalue weighted by atomic mass is 9.85. The van der Waals surface area contributed by atoms with Crippen LogP contribution in [0.2, 0.25) is 0 Å². The molecular formula is C15H29NO2. The fraction of sp³-hybridized carbons (Fsp3) is 1.00. The van der Waals surface area contributed by atoms with Crippen LogP contribution in [0.1, 0.15) is 52.4 Å². The maximum atomic E-state index is 9.81. The summed E-state index contributed by atoms with van der Waals surface area (Å²) in [6, 6.07) is 0.675. The highest BCUT2D eigenvalue weighted by atomic mass is 16.5. The van der Waals surface area contributed by atoms with E-state index in [1.54, 1.807) is 0 Å². The van der Waals surface area contributed by atoms with Crippen molar-refractivity contribution < 1.29 is 9.84 Å². The zero-order chi connectivity index (χ0) is 13.0. The van der Waals surface area contributed by atoms with Crippen LogP contribution in [-0.4, -0.2) is 36.5 Å². The summed E-state index contributed by atoms with van der Waals surface area (Å²) < 4.78 is 5.71. The second-order valence-electron chi connectivity index (χ2n) is 6.58. The van der Waals surface area contributed by atoms with Crippen molar-refractivity contribution in [2.24, 2.45) is 11.8 Å². The predicted octanol–water partition coefficient (Wildman–Crippen LogP) is 2.33. The van der Waals surface area contributed by atoms with Gasteiger partial charge in [-0.2, -0.15) is 0 Å². The Morgan fingerprint density at radius 1 is 1.33 bits per heavy atom. The molecular weight excluding hydrogens is 226 g/mol. The van der Waals surface area contributed by atoms with E-state index in [1.165, 1.54) is 25.7 Å². The molecule has 0 amide bonds. The van der Waals surface area contributed by atoms with Gasteiger partial charge in [-0.25, -0.2) is 0 Å². The van der Waals surface area contributed by atoms with Crippen LogP contribution in [-0.2, 0) is 4.74 Å². The third-order valence-electron chi connectivity index (χ3n) is 4.37. The second-order valence-corrected chi connectivity index (χ2v) is 6.58. The van der Waals surface area contributed by atoms with Crippen molar-refractivity contribution in [3.63, 3.8) is 0 Å². The van der Waals surface area contributed by atoms with Crippen molar-refractivity contribution >= 4 is 0 Å². The Hall–Kier alpha value is -0.120. The minimum Gasteiger partial charge on any atom is -0.394 e. The SMILES string of the molecule is CC(C)COCCC1CCCC1(CO)NC1CC1. The molecule has 3 nitrogen and oxygen atoms in total. The van der Waals surface area contributed by atoms with E-state index in [4.69, 9.17) is 4.74 Å². The molecule has 2 N–H and O–H groups in total. The summed E-state index contributed by atoms with van der Waals surface area (Å²) in [5.74, 6) is 1.20. The molecule has 2 atom stereocenters. The molecule has 2 aliphatic carbocycles. The number of hydrogen-bond acceptors (Lipinski definition) is 3. The minimum atomic E-state index is 0.00234. The lowest BCUT2D eigenvalue weighted by molar-refractivity contribution is 0.0676. The Morgan fingerprint density at radius 3 is 2.72 bits per heavy atom. The standard InChI is InChI=1S/C15H29NO2/c1-12(2)10-18-9-7-13-4-3-8-15(13,11-17)16-14-5-6-14/h12-14,16-17H,3-11H2,1-2H3. The van der Waals surface area contributed by atoms with Gasteiger partial charge >= 0.3 is 0 Å². The molecule has 0 bridgehead atoms. The average Bonchev–Trinajstić information content (AvgIpc) is 3.05. The number of ether oxygens (including phenoxy) is 1. The van der Waals surface area contributed by atoms with Gasteiger partial charge in [-0.05, 0) is 43.9 Å². The van der Waals surface area contributed by atoms with Crippen LogP contribution in [0.5, 0.6) is 0 Å². The summed E-state index contributed by atoms with van der Waals surface area (Å²) in [5.41, 5.74) is 0.00234. The highest BCUT2D eigenvalue weighted by molar-refractivity contribution is 5.02. The largest absolute Gasteiger partial charge is 0.394 e. The third-order valence-corrected chi connectivity index (χ3v) is 4.37. The minimum absolute atomic E-state index is 0.00234. The maximum Gasteiger partial charge on any atom is 0.0616 e. The molecule has 0 aromatic rings. The smallest absolute Gasteiger partial charge is 0.0616 e. The highest BCUT2D eigenvalue weighted by Crippen LogP contribution is 2.40. The molecule has 0 aliphatic heterocycles. The summed E-state index contributed by atoms with van der Waals surface area (Å²) in [6.07, 6.45) is 7.29. The molecule has 2 rings (SSSR count). The quantitative estimate of drug-likeness (QED) is 0.654. The maximum absolute atomic E-state index is 9.81. The average molecular weight is 255 g/mol. The van der Waals surface area contributed by atoms with Gasteiger partial charge in [0.1, 0.15) is 0 Å². The molecule has 2 unspecified atom stereocenters. The van der Waals surface area contributed by atoms with Crippen molar-refractivity contribution in [1.29, 1.82) is 0 Å². The Morgan fingerprint density at radius 2 is 2.11 bits per heavy atom. The van der Waals surface area contributed by atoms with Crippen LogP contribution < -0.4 is 5.32 Å². The first kappa shape index (κ1) is 14.3. The molecule has 0 heterocycles. The van der Waals surface area contributed by atoms with Gasteiger partial charge in [-0.15, -0.1) is 0 Å². The van der Waals surface area contributed by atoms with Gasteiger partial charge in [-0.3, -0.25) is 0 Å². The van der Waals surface area contributed by atoms with Crippen LogP contribution in [0.3, 0.4) is 0 Å². The normalized spacial score (nSPS) is 32.3. The van der Waals surface area contributed by atoms with Crippen LogP contribution >= 0.6 is 0 Å². The number of nitrogens with one attached hydrogen (secondary N) is 1. The molecule has 18 heavy (non-hydrogen) atoms. The monoisotopic (exact) mass is 255 g/mol. The molecule has 2 aliphatic rings. The Balaban J connectivity index is 1.77. The highest BCUT2D eigenvalue weighted by Gasteiger charge is 2.44. The van der Waals surface area contributed by atoms with Crippen LogP contribution in [0, 0.1) is 11.8 Å². The molecule has 0 saturated heterocycles. The fourth-order valence-corrected chi connectivity index (χ4v) is 3.19. The number of aliphatic hydroxyl groups is 1. The zero-order valence-electron chi connectivity index (χ0n) is 12.0. The lowest BCUT2D eigenvalue weighted by Gasteiger charge is -2.35. The van der Waals surface area contributed by atoms with Crippen molar-refractivity contribution in [3.05, 3.63) is 0 Å². The summed E-state index contributed by atoms with van der Waals surface area (Å²) in [7, 11) is 0. The molecule has 0 aromatic carbocycles. The van der Waals surface area contributed by atoms with Gasteiger partial charge in [-0.1, -0.05) is 20.3 Å². The van der Waals surface area contributed by atoms with E-state index < -0.39 is 0 Å². The van der Waals surface area contributed by atoms with Gasteiger partial charge in [0.25, 0.3) is 0 Å². The number of rotatable bonds is 8. The Bertz CT molecular complexity index is 253. The Kier molecular flexibility index (Phi) is 5.05. The third kappa shape index (κ3) is 3.69.